The molecule has 6 nitrogen and oxygen atoms in total. The van der Waals surface area contributed by atoms with Gasteiger partial charge in [-0.1, -0.05) is 60.4 Å². The van der Waals surface area contributed by atoms with Crippen molar-refractivity contribution in [3.8, 4) is 6.07 Å². The van der Waals surface area contributed by atoms with Gasteiger partial charge in [0, 0.05) is 27.4 Å². The molecule has 0 N–H and O–H groups in total. The van der Waals surface area contributed by atoms with E-state index in [4.69, 9.17) is 20.8 Å². The van der Waals surface area contributed by atoms with Crippen molar-refractivity contribution in [2.45, 2.75) is 70.1 Å². The maximum Gasteiger partial charge on any atom is 0.257 e. The molecule has 2 aliphatic rings. The molecule has 0 saturated heterocycles. The monoisotopic (exact) mass is 669 g/mol. The zero-order chi connectivity index (χ0) is 30.4. The molecule has 1 atom stereocenters. The Hall–Kier alpha value is -2.61. The Labute approximate surface area is 261 Å². The van der Waals surface area contributed by atoms with Crippen LogP contribution in [0.1, 0.15) is 66.4 Å². The van der Waals surface area contributed by atoms with E-state index >= 15 is 4.39 Å². The smallest absolute Gasteiger partial charge is 0.257 e. The number of halogens is 3. The van der Waals surface area contributed by atoms with Gasteiger partial charge in [0.05, 0.1) is 35.5 Å². The maximum atomic E-state index is 16.0. The second-order valence-electron chi connectivity index (χ2n) is 12.7. The van der Waals surface area contributed by atoms with E-state index in [9.17, 15) is 10.1 Å². The van der Waals surface area contributed by atoms with E-state index in [0.717, 1.165) is 12.8 Å². The Morgan fingerprint density at radius 3 is 2.48 bits per heavy atom. The summed E-state index contributed by atoms with van der Waals surface area (Å²) in [5.41, 5.74) is 0.371. The van der Waals surface area contributed by atoms with Gasteiger partial charge < -0.3 is 9.16 Å². The zero-order valence-electron chi connectivity index (χ0n) is 24.4. The molecule has 0 spiro atoms. The first-order valence-corrected chi connectivity index (χ1v) is 18.1. The number of rotatable bonds is 8. The number of nitriles is 1. The summed E-state index contributed by atoms with van der Waals surface area (Å²) in [6.07, 6.45) is 3.30. The van der Waals surface area contributed by atoms with Crippen LogP contribution in [0.4, 0.5) is 4.39 Å². The van der Waals surface area contributed by atoms with Crippen LogP contribution in [0.2, 0.25) is 23.2 Å². The molecule has 1 aliphatic carbocycles. The number of carbonyl (C=O) groups is 1. The van der Waals surface area contributed by atoms with E-state index in [1.165, 1.54) is 17.2 Å². The molecule has 220 valence electrons. The SMILES string of the molecule is CC(C)(C)[Si](C)(C)O[C@H]1C[C@@H](CO[C@]2(c3ccc(Cl)cc3)c3c(F)cc(Br)cc3C(=O)N2Cc2ccc(C#N)cn2)C1. The van der Waals surface area contributed by atoms with Crippen LogP contribution in [0.15, 0.2) is 59.2 Å². The van der Waals surface area contributed by atoms with Crippen molar-refractivity contribution in [3.63, 3.8) is 0 Å². The van der Waals surface area contributed by atoms with E-state index in [2.05, 4.69) is 60.8 Å². The number of hydrogen-bond donors (Lipinski definition) is 0. The Morgan fingerprint density at radius 2 is 1.88 bits per heavy atom. The lowest BCUT2D eigenvalue weighted by Crippen LogP contribution is -2.50. The van der Waals surface area contributed by atoms with Gasteiger partial charge >= 0.3 is 0 Å². The molecule has 42 heavy (non-hydrogen) atoms. The minimum absolute atomic E-state index is 0.0423. The molecule has 3 aromatic rings. The van der Waals surface area contributed by atoms with Crippen LogP contribution in [0.3, 0.4) is 0 Å². The minimum atomic E-state index is -1.91. The third-order valence-corrected chi connectivity index (χ3v) is 14.0. The van der Waals surface area contributed by atoms with Gasteiger partial charge in [0.1, 0.15) is 11.9 Å². The molecule has 0 unspecified atom stereocenters. The van der Waals surface area contributed by atoms with Gasteiger partial charge in [0.15, 0.2) is 14.0 Å². The second kappa shape index (κ2) is 11.5. The fraction of sp³-hybridized carbons (Fsp3) is 0.406. The van der Waals surface area contributed by atoms with Gasteiger partial charge in [0.25, 0.3) is 5.91 Å². The first-order chi connectivity index (χ1) is 19.7. The highest BCUT2D eigenvalue weighted by Crippen LogP contribution is 2.49. The van der Waals surface area contributed by atoms with Gasteiger partial charge in [0.2, 0.25) is 0 Å². The number of benzene rings is 2. The Balaban J connectivity index is 1.52. The molecule has 5 rings (SSSR count). The summed E-state index contributed by atoms with van der Waals surface area (Å²) in [5.74, 6) is -0.735. The molecule has 1 aromatic heterocycles. The molecule has 2 aromatic carbocycles. The summed E-state index contributed by atoms with van der Waals surface area (Å²) >= 11 is 9.60. The van der Waals surface area contributed by atoms with E-state index in [1.54, 1.807) is 42.5 Å². The maximum absolute atomic E-state index is 16.0. The topological polar surface area (TPSA) is 75.5 Å². The van der Waals surface area contributed by atoms with Crippen molar-refractivity contribution in [1.82, 2.24) is 9.88 Å². The second-order valence-corrected chi connectivity index (χ2v) is 18.8. The molecule has 1 amide bonds. The fourth-order valence-electron chi connectivity index (χ4n) is 5.39. The number of carbonyl (C=O) groups excluding carboxylic acids is 1. The normalized spacial score (nSPS) is 22.1. The number of ether oxygens (including phenoxy) is 1. The molecular weight excluding hydrogens is 637 g/mol. The molecule has 1 saturated carbocycles. The van der Waals surface area contributed by atoms with Crippen LogP contribution in [0.25, 0.3) is 0 Å². The van der Waals surface area contributed by atoms with Gasteiger partial charge in [-0.05, 0) is 73.3 Å². The van der Waals surface area contributed by atoms with E-state index in [-0.39, 0.29) is 40.6 Å². The number of hydrogen-bond acceptors (Lipinski definition) is 5. The Morgan fingerprint density at radius 1 is 1.19 bits per heavy atom. The summed E-state index contributed by atoms with van der Waals surface area (Å²) in [4.78, 5) is 20.0. The number of fused-ring (bicyclic) bond motifs is 1. The number of amides is 1. The molecule has 2 heterocycles. The molecule has 0 bridgehead atoms. The highest BCUT2D eigenvalue weighted by Gasteiger charge is 2.55. The third-order valence-electron chi connectivity index (χ3n) is 8.75. The Bertz CT molecular complexity index is 1530. The lowest BCUT2D eigenvalue weighted by atomic mass is 9.83. The highest BCUT2D eigenvalue weighted by molar-refractivity contribution is 9.10. The van der Waals surface area contributed by atoms with E-state index in [1.807, 2.05) is 0 Å². The average molecular weight is 671 g/mol. The van der Waals surface area contributed by atoms with Gasteiger partial charge in [-0.15, -0.1) is 0 Å². The molecule has 1 fully saturated rings. The van der Waals surface area contributed by atoms with Gasteiger partial charge in [-0.25, -0.2) is 4.39 Å². The van der Waals surface area contributed by atoms with Crippen LogP contribution in [0, 0.1) is 23.1 Å². The van der Waals surface area contributed by atoms with Crippen molar-refractivity contribution in [1.29, 1.82) is 5.26 Å². The van der Waals surface area contributed by atoms with Crippen LogP contribution in [0.5, 0.6) is 0 Å². The summed E-state index contributed by atoms with van der Waals surface area (Å²) in [6.45, 7) is 11.5. The van der Waals surface area contributed by atoms with Crippen LogP contribution >= 0.6 is 27.5 Å². The first kappa shape index (κ1) is 30.8. The molecule has 1 aliphatic heterocycles. The molecule has 10 heteroatoms. The van der Waals surface area contributed by atoms with Crippen molar-refractivity contribution >= 4 is 41.8 Å². The summed E-state index contributed by atoms with van der Waals surface area (Å²) < 4.78 is 29.8. The standard InChI is InChI=1S/C32H34BrClFN3O3Si/c1-31(2,3)42(4,5)41-26-12-21(13-26)19-40-32(22-7-9-24(34)10-8-22)29-27(14-23(33)15-28(29)35)30(39)38(32)18-25-11-6-20(16-36)17-37-25/h6-11,14-15,17,21,26H,12-13,18-19H2,1-5H3/t21-,26+,32-/m1/s1. The van der Waals surface area contributed by atoms with E-state index in [0.29, 0.717) is 32.9 Å². The van der Waals surface area contributed by atoms with Crippen molar-refractivity contribution in [3.05, 3.63) is 98.0 Å². The van der Waals surface area contributed by atoms with E-state index < -0.39 is 19.9 Å². The largest absolute Gasteiger partial charge is 0.414 e. The quantitative estimate of drug-likeness (QED) is 0.226. The number of aromatic nitrogens is 1. The predicted octanol–water partition coefficient (Wildman–Crippen LogP) is 8.18. The summed E-state index contributed by atoms with van der Waals surface area (Å²) in [7, 11) is -1.91. The first-order valence-electron chi connectivity index (χ1n) is 14.0. The lowest BCUT2D eigenvalue weighted by Gasteiger charge is -2.46. The zero-order valence-corrected chi connectivity index (χ0v) is 27.7. The predicted molar refractivity (Wildman–Crippen MR) is 166 cm³/mol. The van der Waals surface area contributed by atoms with Crippen molar-refractivity contribution in [2.75, 3.05) is 6.61 Å². The number of nitrogens with zero attached hydrogens (tertiary/aromatic N) is 3. The van der Waals surface area contributed by atoms with Gasteiger partial charge in [-0.2, -0.15) is 5.26 Å². The molecular formula is C32H34BrClFN3O3Si. The van der Waals surface area contributed by atoms with Crippen LogP contribution in [-0.4, -0.2) is 36.8 Å². The average Bonchev–Trinajstić information content (AvgIpc) is 3.13. The molecule has 0 radical (unpaired) electrons. The minimum Gasteiger partial charge on any atom is -0.414 e. The lowest BCUT2D eigenvalue weighted by molar-refractivity contribution is -0.138. The fourth-order valence-corrected chi connectivity index (χ4v) is 7.32. The van der Waals surface area contributed by atoms with Gasteiger partial charge in [-0.3, -0.25) is 14.7 Å². The third kappa shape index (κ3) is 5.68. The summed E-state index contributed by atoms with van der Waals surface area (Å²) in [5, 5.41) is 9.85. The van der Waals surface area contributed by atoms with Crippen molar-refractivity contribution < 1.29 is 18.3 Å². The summed E-state index contributed by atoms with van der Waals surface area (Å²) in [6, 6.07) is 15.4. The number of pyridine rings is 1. The highest BCUT2D eigenvalue weighted by atomic mass is 79.9. The van der Waals surface area contributed by atoms with Crippen LogP contribution < -0.4 is 0 Å². The van der Waals surface area contributed by atoms with Crippen LogP contribution in [-0.2, 0) is 21.4 Å². The van der Waals surface area contributed by atoms with Crippen molar-refractivity contribution in [2.24, 2.45) is 5.92 Å². The Kier molecular flexibility index (Phi) is 8.42.